The van der Waals surface area contributed by atoms with E-state index >= 15 is 0 Å². The third kappa shape index (κ3) is 2.66. The van der Waals surface area contributed by atoms with Crippen molar-refractivity contribution in [2.24, 2.45) is 0 Å². The molecule has 1 aliphatic heterocycles. The van der Waals surface area contributed by atoms with Crippen LogP contribution in [0.25, 0.3) is 0 Å². The molecule has 0 spiro atoms. The number of aromatic nitrogens is 5. The van der Waals surface area contributed by atoms with Crippen molar-refractivity contribution in [3.8, 4) is 0 Å². The van der Waals surface area contributed by atoms with Gasteiger partial charge in [0, 0.05) is 40.5 Å². The van der Waals surface area contributed by atoms with Gasteiger partial charge in [-0.1, -0.05) is 0 Å². The largest absolute Gasteiger partial charge is 0.379 e. The van der Waals surface area contributed by atoms with Gasteiger partial charge in [-0.25, -0.2) is 4.98 Å². The van der Waals surface area contributed by atoms with Gasteiger partial charge >= 0.3 is 0 Å². The molecule has 112 valence electrons. The lowest BCUT2D eigenvalue weighted by atomic mass is 10.0. The van der Waals surface area contributed by atoms with Gasteiger partial charge in [-0.2, -0.15) is 20.4 Å². The molecule has 0 saturated carbocycles. The van der Waals surface area contributed by atoms with Gasteiger partial charge in [-0.05, 0) is 6.07 Å². The smallest absolute Gasteiger partial charge is 0.226 e. The summed E-state index contributed by atoms with van der Waals surface area (Å²) in [6.07, 6.45) is 3.61. The second-order valence-electron chi connectivity index (χ2n) is 5.29. The minimum absolute atomic E-state index is 0.0767. The van der Waals surface area contributed by atoms with Gasteiger partial charge in [0.05, 0.1) is 23.9 Å². The van der Waals surface area contributed by atoms with Gasteiger partial charge in [-0.3, -0.25) is 0 Å². The van der Waals surface area contributed by atoms with E-state index in [1.807, 2.05) is 25.1 Å². The zero-order chi connectivity index (χ0) is 14.8. The molecule has 2 atom stereocenters. The average Bonchev–Trinajstić information content (AvgIpc) is 3.16. The molecule has 0 bridgehead atoms. The highest BCUT2D eigenvalue weighted by Crippen LogP contribution is 2.30. The summed E-state index contributed by atoms with van der Waals surface area (Å²) >= 11 is 0. The number of hydrogen-bond donors (Lipinski definition) is 1. The molecule has 8 heteroatoms. The predicted octanol–water partition coefficient (Wildman–Crippen LogP) is 0.279. The summed E-state index contributed by atoms with van der Waals surface area (Å²) < 4.78 is 5.60. The third-order valence-corrected chi connectivity index (χ3v) is 3.73. The fourth-order valence-corrected chi connectivity index (χ4v) is 2.60. The average molecular weight is 289 g/mol. The maximum absolute atomic E-state index is 5.60. The first-order chi connectivity index (χ1) is 10.2. The summed E-state index contributed by atoms with van der Waals surface area (Å²) in [7, 11) is 5.59. The van der Waals surface area contributed by atoms with Crippen LogP contribution in [0.5, 0.6) is 0 Å². The van der Waals surface area contributed by atoms with Crippen LogP contribution in [0.1, 0.15) is 11.6 Å². The quantitative estimate of drug-likeness (QED) is 0.865. The van der Waals surface area contributed by atoms with E-state index in [0.29, 0.717) is 5.95 Å². The highest BCUT2D eigenvalue weighted by molar-refractivity contribution is 5.45. The fourth-order valence-electron chi connectivity index (χ4n) is 2.60. The summed E-state index contributed by atoms with van der Waals surface area (Å²) in [5, 5.41) is 10.7. The van der Waals surface area contributed by atoms with Crippen molar-refractivity contribution in [3.05, 3.63) is 24.2 Å². The standard InChI is InChI=1S/C13H19N7O/c1-19(2)13-14-5-4-12(16-13)20-7-9(11(8-20)21-3)10-6-15-18-17-10/h4-6,9,11H,7-8H2,1-3H3,(H,15,17,18)/t9-,11+/m0/s1. The Morgan fingerprint density at radius 1 is 1.38 bits per heavy atom. The van der Waals surface area contributed by atoms with Gasteiger partial charge in [-0.15, -0.1) is 0 Å². The molecule has 21 heavy (non-hydrogen) atoms. The summed E-state index contributed by atoms with van der Waals surface area (Å²) in [6.45, 7) is 1.58. The molecule has 1 aliphatic rings. The van der Waals surface area contributed by atoms with Crippen LogP contribution in [0, 0.1) is 0 Å². The maximum atomic E-state index is 5.60. The Bertz CT molecular complexity index is 586. The molecule has 0 amide bonds. The van der Waals surface area contributed by atoms with Gasteiger partial charge in [0.15, 0.2) is 0 Å². The second kappa shape index (κ2) is 5.65. The van der Waals surface area contributed by atoms with Crippen molar-refractivity contribution >= 4 is 11.8 Å². The molecule has 1 N–H and O–H groups in total. The minimum Gasteiger partial charge on any atom is -0.379 e. The van der Waals surface area contributed by atoms with Crippen molar-refractivity contribution < 1.29 is 4.74 Å². The molecule has 0 aromatic carbocycles. The Morgan fingerprint density at radius 3 is 2.90 bits per heavy atom. The first kappa shape index (κ1) is 13.7. The Balaban J connectivity index is 1.83. The summed E-state index contributed by atoms with van der Waals surface area (Å²) in [5.41, 5.74) is 0.922. The van der Waals surface area contributed by atoms with E-state index in [1.54, 1.807) is 19.5 Å². The van der Waals surface area contributed by atoms with Crippen LogP contribution in [0.3, 0.4) is 0 Å². The van der Waals surface area contributed by atoms with Crippen molar-refractivity contribution in [2.75, 3.05) is 44.1 Å². The van der Waals surface area contributed by atoms with E-state index in [2.05, 4.69) is 30.3 Å². The van der Waals surface area contributed by atoms with Gasteiger partial charge < -0.3 is 14.5 Å². The van der Waals surface area contributed by atoms with E-state index in [-0.39, 0.29) is 12.0 Å². The molecule has 1 fully saturated rings. The number of anilines is 2. The number of H-pyrrole nitrogens is 1. The summed E-state index contributed by atoms with van der Waals surface area (Å²) in [4.78, 5) is 12.9. The van der Waals surface area contributed by atoms with E-state index in [1.165, 1.54) is 0 Å². The number of methoxy groups -OCH3 is 1. The van der Waals surface area contributed by atoms with Gasteiger partial charge in [0.2, 0.25) is 5.95 Å². The maximum Gasteiger partial charge on any atom is 0.226 e. The lowest BCUT2D eigenvalue weighted by molar-refractivity contribution is 0.105. The minimum atomic E-state index is 0.0767. The first-order valence-corrected chi connectivity index (χ1v) is 6.83. The van der Waals surface area contributed by atoms with Crippen LogP contribution >= 0.6 is 0 Å². The zero-order valence-electron chi connectivity index (χ0n) is 12.4. The molecule has 2 aromatic heterocycles. The molecule has 1 saturated heterocycles. The summed E-state index contributed by atoms with van der Waals surface area (Å²) in [5.74, 6) is 1.79. The number of hydrogen-bond acceptors (Lipinski definition) is 7. The molecule has 0 aliphatic carbocycles. The molecule has 2 aromatic rings. The first-order valence-electron chi connectivity index (χ1n) is 6.83. The zero-order valence-corrected chi connectivity index (χ0v) is 12.4. The number of rotatable bonds is 4. The van der Waals surface area contributed by atoms with Crippen molar-refractivity contribution in [3.63, 3.8) is 0 Å². The molecular weight excluding hydrogens is 270 g/mol. The topological polar surface area (TPSA) is 83.1 Å². The van der Waals surface area contributed by atoms with E-state index in [4.69, 9.17) is 4.74 Å². The van der Waals surface area contributed by atoms with Crippen LogP contribution < -0.4 is 9.80 Å². The van der Waals surface area contributed by atoms with Crippen LogP contribution in [-0.2, 0) is 4.74 Å². The lowest BCUT2D eigenvalue weighted by Crippen LogP contribution is -2.24. The van der Waals surface area contributed by atoms with Crippen molar-refractivity contribution in [2.45, 2.75) is 12.0 Å². The third-order valence-electron chi connectivity index (χ3n) is 3.73. The highest BCUT2D eigenvalue weighted by atomic mass is 16.5. The van der Waals surface area contributed by atoms with E-state index < -0.39 is 0 Å². The van der Waals surface area contributed by atoms with Crippen LogP contribution in [0.4, 0.5) is 11.8 Å². The molecule has 3 rings (SSSR count). The SMILES string of the molecule is CO[C@@H]1CN(c2ccnc(N(C)C)n2)C[C@H]1c1cn[nH]n1. The molecule has 8 nitrogen and oxygen atoms in total. The van der Waals surface area contributed by atoms with Gasteiger partial charge in [0.25, 0.3) is 0 Å². The van der Waals surface area contributed by atoms with Crippen molar-refractivity contribution in [1.29, 1.82) is 0 Å². The normalized spacial score (nSPS) is 21.8. The van der Waals surface area contributed by atoms with Crippen LogP contribution in [0.15, 0.2) is 18.5 Å². The Kier molecular flexibility index (Phi) is 3.70. The predicted molar refractivity (Wildman–Crippen MR) is 78.5 cm³/mol. The van der Waals surface area contributed by atoms with Crippen LogP contribution in [0.2, 0.25) is 0 Å². The fraction of sp³-hybridized carbons (Fsp3) is 0.538. The van der Waals surface area contributed by atoms with Crippen molar-refractivity contribution in [1.82, 2.24) is 25.4 Å². The summed E-state index contributed by atoms with van der Waals surface area (Å²) in [6, 6.07) is 1.92. The Morgan fingerprint density at radius 2 is 2.24 bits per heavy atom. The molecular formula is C13H19N7O. The van der Waals surface area contributed by atoms with E-state index in [9.17, 15) is 0 Å². The molecule has 0 unspecified atom stereocenters. The lowest BCUT2D eigenvalue weighted by Gasteiger charge is -2.18. The monoisotopic (exact) mass is 289 g/mol. The Hall–Kier alpha value is -2.22. The van der Waals surface area contributed by atoms with E-state index in [0.717, 1.165) is 24.6 Å². The second-order valence-corrected chi connectivity index (χ2v) is 5.29. The molecule has 0 radical (unpaired) electrons. The highest BCUT2D eigenvalue weighted by Gasteiger charge is 2.36. The number of aromatic amines is 1. The number of ether oxygens (including phenoxy) is 1. The number of nitrogens with zero attached hydrogens (tertiary/aromatic N) is 6. The van der Waals surface area contributed by atoms with Gasteiger partial charge in [0.1, 0.15) is 5.82 Å². The van der Waals surface area contributed by atoms with Crippen LogP contribution in [-0.4, -0.2) is 65.8 Å². The Labute approximate surface area is 123 Å². The molecule has 3 heterocycles. The number of nitrogens with one attached hydrogen (secondary N) is 1.